The molecule has 0 bridgehead atoms. The predicted molar refractivity (Wildman–Crippen MR) is 124 cm³/mol. The summed E-state index contributed by atoms with van der Waals surface area (Å²) in [6.45, 7) is 4.56. The number of pyridine rings is 2. The fraction of sp³-hybridized carbons (Fsp3) is 0.208. The molecule has 5 rings (SSSR count). The van der Waals surface area contributed by atoms with Crippen LogP contribution in [0.15, 0.2) is 66.7 Å². The van der Waals surface area contributed by atoms with Crippen LogP contribution < -0.4 is 10.2 Å². The molecular formula is C24H23N7O. The molecule has 1 aromatic carbocycles. The van der Waals surface area contributed by atoms with Gasteiger partial charge in [0.05, 0.1) is 5.52 Å². The summed E-state index contributed by atoms with van der Waals surface area (Å²) in [5.41, 5.74) is 2.25. The second-order valence-corrected chi connectivity index (χ2v) is 7.73. The Morgan fingerprint density at radius 2 is 1.66 bits per heavy atom. The van der Waals surface area contributed by atoms with Gasteiger partial charge in [-0.3, -0.25) is 4.79 Å². The maximum atomic E-state index is 12.9. The molecule has 1 amide bonds. The SMILES string of the molecule is Cc1cccc(Nc2ccc(N3CCN(C(=O)c4ccc5ccccc5n4)CC3)nn2)n1. The first kappa shape index (κ1) is 19.9. The molecule has 4 aromatic rings. The van der Waals surface area contributed by atoms with E-state index in [1.54, 1.807) is 6.07 Å². The van der Waals surface area contributed by atoms with Gasteiger partial charge < -0.3 is 15.1 Å². The number of carbonyl (C=O) groups is 1. The van der Waals surface area contributed by atoms with Crippen molar-refractivity contribution in [2.45, 2.75) is 6.92 Å². The molecule has 8 heteroatoms. The highest BCUT2D eigenvalue weighted by Crippen LogP contribution is 2.18. The van der Waals surface area contributed by atoms with Gasteiger partial charge in [0.15, 0.2) is 11.6 Å². The number of carbonyl (C=O) groups excluding carboxylic acids is 1. The summed E-state index contributed by atoms with van der Waals surface area (Å²) in [6, 6.07) is 21.2. The van der Waals surface area contributed by atoms with Crippen molar-refractivity contribution in [2.24, 2.45) is 0 Å². The van der Waals surface area contributed by atoms with Crippen molar-refractivity contribution in [3.8, 4) is 0 Å². The summed E-state index contributed by atoms with van der Waals surface area (Å²) in [4.78, 5) is 25.9. The maximum absolute atomic E-state index is 12.9. The third-order valence-corrected chi connectivity index (χ3v) is 5.50. The lowest BCUT2D eigenvalue weighted by Gasteiger charge is -2.35. The number of benzene rings is 1. The number of fused-ring (bicyclic) bond motifs is 1. The minimum Gasteiger partial charge on any atom is -0.352 e. The first-order valence-corrected chi connectivity index (χ1v) is 10.6. The summed E-state index contributed by atoms with van der Waals surface area (Å²) in [7, 11) is 0. The van der Waals surface area contributed by atoms with Crippen molar-refractivity contribution < 1.29 is 4.79 Å². The van der Waals surface area contributed by atoms with Gasteiger partial charge >= 0.3 is 0 Å². The molecule has 1 aliphatic heterocycles. The van der Waals surface area contributed by atoms with Crippen molar-refractivity contribution in [2.75, 3.05) is 36.4 Å². The lowest BCUT2D eigenvalue weighted by Crippen LogP contribution is -2.49. The number of nitrogens with one attached hydrogen (secondary N) is 1. The van der Waals surface area contributed by atoms with Gasteiger partial charge in [0.25, 0.3) is 5.91 Å². The van der Waals surface area contributed by atoms with Gasteiger partial charge in [-0.05, 0) is 43.3 Å². The zero-order chi connectivity index (χ0) is 21.9. The Bertz CT molecular complexity index is 1250. The smallest absolute Gasteiger partial charge is 0.272 e. The van der Waals surface area contributed by atoms with Crippen molar-refractivity contribution >= 4 is 34.3 Å². The Balaban J connectivity index is 1.20. The van der Waals surface area contributed by atoms with E-state index in [4.69, 9.17) is 0 Å². The minimum atomic E-state index is -0.0355. The molecule has 0 radical (unpaired) electrons. The van der Waals surface area contributed by atoms with Crippen molar-refractivity contribution in [1.82, 2.24) is 25.1 Å². The number of anilines is 3. The van der Waals surface area contributed by atoms with E-state index in [1.165, 1.54) is 0 Å². The highest BCUT2D eigenvalue weighted by atomic mass is 16.2. The van der Waals surface area contributed by atoms with Gasteiger partial charge in [-0.15, -0.1) is 10.2 Å². The summed E-state index contributed by atoms with van der Waals surface area (Å²) in [5.74, 6) is 2.14. The summed E-state index contributed by atoms with van der Waals surface area (Å²) < 4.78 is 0. The molecule has 0 spiro atoms. The van der Waals surface area contributed by atoms with Crippen LogP contribution in [0.4, 0.5) is 17.5 Å². The van der Waals surface area contributed by atoms with Gasteiger partial charge in [0.1, 0.15) is 11.5 Å². The van der Waals surface area contributed by atoms with E-state index in [0.717, 1.165) is 28.2 Å². The van der Waals surface area contributed by atoms with E-state index in [1.807, 2.05) is 72.5 Å². The van der Waals surface area contributed by atoms with Crippen molar-refractivity contribution in [1.29, 1.82) is 0 Å². The van der Waals surface area contributed by atoms with Crippen molar-refractivity contribution in [3.05, 3.63) is 78.1 Å². The molecule has 32 heavy (non-hydrogen) atoms. The highest BCUT2D eigenvalue weighted by Gasteiger charge is 2.24. The monoisotopic (exact) mass is 425 g/mol. The number of hydrogen-bond donors (Lipinski definition) is 1. The minimum absolute atomic E-state index is 0.0355. The van der Waals surface area contributed by atoms with Crippen LogP contribution in [0.25, 0.3) is 10.9 Å². The van der Waals surface area contributed by atoms with E-state index in [-0.39, 0.29) is 5.91 Å². The van der Waals surface area contributed by atoms with Gasteiger partial charge in [-0.1, -0.05) is 30.3 Å². The fourth-order valence-corrected chi connectivity index (χ4v) is 3.79. The molecule has 4 heterocycles. The molecule has 1 aliphatic rings. The second kappa shape index (κ2) is 8.58. The zero-order valence-electron chi connectivity index (χ0n) is 17.8. The van der Waals surface area contributed by atoms with E-state index >= 15 is 0 Å². The van der Waals surface area contributed by atoms with Crippen LogP contribution in [0.2, 0.25) is 0 Å². The molecule has 8 nitrogen and oxygen atoms in total. The van der Waals surface area contributed by atoms with E-state index in [9.17, 15) is 4.79 Å². The summed E-state index contributed by atoms with van der Waals surface area (Å²) in [6.07, 6.45) is 0. The maximum Gasteiger partial charge on any atom is 0.272 e. The average Bonchev–Trinajstić information content (AvgIpc) is 2.84. The summed E-state index contributed by atoms with van der Waals surface area (Å²) in [5, 5.41) is 12.8. The Kier molecular flexibility index (Phi) is 5.33. The van der Waals surface area contributed by atoms with Gasteiger partial charge in [-0.2, -0.15) is 0 Å². The van der Waals surface area contributed by atoms with Crippen LogP contribution in [-0.2, 0) is 0 Å². The summed E-state index contributed by atoms with van der Waals surface area (Å²) >= 11 is 0. The molecule has 160 valence electrons. The van der Waals surface area contributed by atoms with Crippen LogP contribution in [-0.4, -0.2) is 57.2 Å². The molecule has 1 saturated heterocycles. The largest absolute Gasteiger partial charge is 0.352 e. The van der Waals surface area contributed by atoms with Gasteiger partial charge in [0, 0.05) is 37.3 Å². The predicted octanol–water partition coefficient (Wildman–Crippen LogP) is 3.43. The first-order chi connectivity index (χ1) is 15.7. The van der Waals surface area contributed by atoms with Gasteiger partial charge in [0.2, 0.25) is 0 Å². The number of hydrogen-bond acceptors (Lipinski definition) is 7. The molecule has 1 fully saturated rings. The Morgan fingerprint density at radius 1 is 0.812 bits per heavy atom. The van der Waals surface area contributed by atoms with Crippen LogP contribution >= 0.6 is 0 Å². The normalized spacial score (nSPS) is 13.9. The van der Waals surface area contributed by atoms with E-state index < -0.39 is 0 Å². The van der Waals surface area contributed by atoms with Crippen molar-refractivity contribution in [3.63, 3.8) is 0 Å². The van der Waals surface area contributed by atoms with Crippen LogP contribution in [0.3, 0.4) is 0 Å². The molecule has 0 unspecified atom stereocenters. The molecule has 0 aliphatic carbocycles. The quantitative estimate of drug-likeness (QED) is 0.536. The number of piperazine rings is 1. The van der Waals surface area contributed by atoms with E-state index in [2.05, 4.69) is 30.4 Å². The number of nitrogens with zero attached hydrogens (tertiary/aromatic N) is 6. The number of rotatable bonds is 4. The number of aromatic nitrogens is 4. The number of amides is 1. The third-order valence-electron chi connectivity index (χ3n) is 5.50. The number of para-hydroxylation sites is 1. The third kappa shape index (κ3) is 4.20. The molecule has 1 N–H and O–H groups in total. The molecule has 0 atom stereocenters. The highest BCUT2D eigenvalue weighted by molar-refractivity contribution is 5.95. The Labute approximate surface area is 185 Å². The molecule has 3 aromatic heterocycles. The van der Waals surface area contributed by atoms with E-state index in [0.29, 0.717) is 37.7 Å². The lowest BCUT2D eigenvalue weighted by molar-refractivity contribution is 0.0741. The molecular weight excluding hydrogens is 402 g/mol. The Morgan fingerprint density at radius 3 is 2.44 bits per heavy atom. The Hall–Kier alpha value is -4.07. The number of aryl methyl sites for hydroxylation is 1. The topological polar surface area (TPSA) is 87.1 Å². The second-order valence-electron chi connectivity index (χ2n) is 7.73. The zero-order valence-corrected chi connectivity index (χ0v) is 17.8. The first-order valence-electron chi connectivity index (χ1n) is 10.6. The van der Waals surface area contributed by atoms with Crippen LogP contribution in [0, 0.1) is 6.92 Å². The van der Waals surface area contributed by atoms with Crippen LogP contribution in [0.1, 0.15) is 16.2 Å². The average molecular weight is 425 g/mol. The lowest BCUT2D eigenvalue weighted by atomic mass is 10.2. The van der Waals surface area contributed by atoms with Gasteiger partial charge in [-0.25, -0.2) is 9.97 Å². The molecule has 0 saturated carbocycles. The standard InChI is InChI=1S/C24H23N7O/c1-17-5-4-8-21(25-17)27-22-11-12-23(29-28-22)30-13-15-31(16-14-30)24(32)20-10-9-18-6-2-3-7-19(18)26-20/h2-12H,13-16H2,1H3,(H,25,27,28). The fourth-order valence-electron chi connectivity index (χ4n) is 3.79. The van der Waals surface area contributed by atoms with Crippen LogP contribution in [0.5, 0.6) is 0 Å².